The van der Waals surface area contributed by atoms with Gasteiger partial charge < -0.3 is 9.73 Å². The molecule has 0 aliphatic carbocycles. The van der Waals surface area contributed by atoms with E-state index in [2.05, 4.69) is 15.5 Å². The van der Waals surface area contributed by atoms with Gasteiger partial charge in [-0.2, -0.15) is 0 Å². The minimum Gasteiger partial charge on any atom is -0.411 e. The maximum absolute atomic E-state index is 12.4. The fraction of sp³-hybridized carbons (Fsp3) is 0.250. The molecule has 0 aliphatic heterocycles. The number of hydrogen-bond acceptors (Lipinski definition) is 5. The van der Waals surface area contributed by atoms with Gasteiger partial charge >= 0.3 is 0 Å². The number of hydrogen-bond donors (Lipinski definition) is 1. The summed E-state index contributed by atoms with van der Waals surface area (Å²) in [5.41, 5.74) is 5.09. The van der Waals surface area contributed by atoms with Crippen LogP contribution in [0.4, 0.5) is 5.69 Å². The number of nitrogens with one attached hydrogen (secondary N) is 1. The number of carbonyl (C=O) groups excluding carboxylic acids is 1. The average molecular weight is 367 g/mol. The van der Waals surface area contributed by atoms with Crippen LogP contribution in [0.2, 0.25) is 0 Å². The van der Waals surface area contributed by atoms with Crippen molar-refractivity contribution >= 4 is 23.4 Å². The van der Waals surface area contributed by atoms with Crippen LogP contribution in [0.25, 0.3) is 11.5 Å². The van der Waals surface area contributed by atoms with E-state index in [1.165, 1.54) is 17.3 Å². The second-order valence-electron chi connectivity index (χ2n) is 6.24. The standard InChI is InChI=1S/C20H21N3O2S/c1-12-9-10-16(11-14(12)3)21-18(24)15(4)26-20-23-22-19(25-20)17-8-6-5-7-13(17)2/h5-11,15H,1-4H3,(H,21,24)/t15-/m0/s1. The van der Waals surface area contributed by atoms with Gasteiger partial charge in [0, 0.05) is 11.3 Å². The van der Waals surface area contributed by atoms with Crippen molar-refractivity contribution < 1.29 is 9.21 Å². The normalized spacial score (nSPS) is 12.0. The molecule has 134 valence electrons. The predicted molar refractivity (Wildman–Crippen MR) is 104 cm³/mol. The third-order valence-electron chi connectivity index (χ3n) is 4.20. The van der Waals surface area contributed by atoms with Crippen LogP contribution in [0.5, 0.6) is 0 Å². The Morgan fingerprint density at radius 1 is 1.04 bits per heavy atom. The van der Waals surface area contributed by atoms with Crippen LogP contribution >= 0.6 is 11.8 Å². The van der Waals surface area contributed by atoms with E-state index in [1.54, 1.807) is 0 Å². The maximum Gasteiger partial charge on any atom is 0.277 e. The van der Waals surface area contributed by atoms with Gasteiger partial charge in [-0.15, -0.1) is 10.2 Å². The molecule has 26 heavy (non-hydrogen) atoms. The molecule has 1 atom stereocenters. The van der Waals surface area contributed by atoms with Crippen molar-refractivity contribution in [2.45, 2.75) is 38.2 Å². The summed E-state index contributed by atoms with van der Waals surface area (Å²) < 4.78 is 5.72. The number of aromatic nitrogens is 2. The Morgan fingerprint density at radius 2 is 1.81 bits per heavy atom. The molecule has 1 heterocycles. The van der Waals surface area contributed by atoms with Crippen molar-refractivity contribution in [1.29, 1.82) is 0 Å². The van der Waals surface area contributed by atoms with Crippen LogP contribution in [0.15, 0.2) is 52.1 Å². The van der Waals surface area contributed by atoms with Gasteiger partial charge in [0.15, 0.2) is 0 Å². The lowest BCUT2D eigenvalue weighted by Crippen LogP contribution is -2.22. The van der Waals surface area contributed by atoms with E-state index < -0.39 is 0 Å². The molecule has 0 radical (unpaired) electrons. The van der Waals surface area contributed by atoms with E-state index in [1.807, 2.05) is 70.2 Å². The fourth-order valence-electron chi connectivity index (χ4n) is 2.45. The highest BCUT2D eigenvalue weighted by Crippen LogP contribution is 2.28. The molecule has 0 fully saturated rings. The Morgan fingerprint density at radius 3 is 2.54 bits per heavy atom. The van der Waals surface area contributed by atoms with Gasteiger partial charge in [0.1, 0.15) is 0 Å². The van der Waals surface area contributed by atoms with Gasteiger partial charge in [0.2, 0.25) is 11.8 Å². The molecule has 3 rings (SSSR count). The van der Waals surface area contributed by atoms with Crippen LogP contribution in [-0.4, -0.2) is 21.4 Å². The topological polar surface area (TPSA) is 68.0 Å². The summed E-state index contributed by atoms with van der Waals surface area (Å²) in [6.07, 6.45) is 0. The highest BCUT2D eigenvalue weighted by molar-refractivity contribution is 8.00. The zero-order chi connectivity index (χ0) is 18.7. The van der Waals surface area contributed by atoms with E-state index in [4.69, 9.17) is 4.42 Å². The fourth-order valence-corrected chi connectivity index (χ4v) is 3.13. The first-order valence-electron chi connectivity index (χ1n) is 8.38. The number of thioether (sulfide) groups is 1. The van der Waals surface area contributed by atoms with Crippen molar-refractivity contribution in [3.05, 3.63) is 59.2 Å². The summed E-state index contributed by atoms with van der Waals surface area (Å²) >= 11 is 1.25. The van der Waals surface area contributed by atoms with E-state index in [0.717, 1.165) is 22.4 Å². The third-order valence-corrected chi connectivity index (χ3v) is 5.14. The van der Waals surface area contributed by atoms with Crippen molar-refractivity contribution in [3.8, 4) is 11.5 Å². The molecule has 6 heteroatoms. The number of benzene rings is 2. The lowest BCUT2D eigenvalue weighted by molar-refractivity contribution is -0.115. The molecule has 0 aliphatic rings. The summed E-state index contributed by atoms with van der Waals surface area (Å²) in [6.45, 7) is 7.88. The smallest absolute Gasteiger partial charge is 0.277 e. The number of amides is 1. The summed E-state index contributed by atoms with van der Waals surface area (Å²) in [6, 6.07) is 13.7. The van der Waals surface area contributed by atoms with Crippen LogP contribution in [-0.2, 0) is 4.79 Å². The SMILES string of the molecule is Cc1ccc(NC(=O)[C@H](C)Sc2nnc(-c3ccccc3C)o2)cc1C. The maximum atomic E-state index is 12.4. The Kier molecular flexibility index (Phi) is 5.42. The quantitative estimate of drug-likeness (QED) is 0.657. The lowest BCUT2D eigenvalue weighted by Gasteiger charge is -2.11. The molecule has 1 aromatic heterocycles. The molecule has 0 unspecified atom stereocenters. The highest BCUT2D eigenvalue weighted by Gasteiger charge is 2.19. The van der Waals surface area contributed by atoms with Crippen LogP contribution in [0, 0.1) is 20.8 Å². The molecule has 0 spiro atoms. The third kappa shape index (κ3) is 4.14. The second kappa shape index (κ2) is 7.74. The van der Waals surface area contributed by atoms with Crippen LogP contribution in [0.3, 0.4) is 0 Å². The largest absolute Gasteiger partial charge is 0.411 e. The zero-order valence-electron chi connectivity index (χ0n) is 15.2. The van der Waals surface area contributed by atoms with Crippen molar-refractivity contribution in [2.75, 3.05) is 5.32 Å². The Balaban J connectivity index is 1.66. The van der Waals surface area contributed by atoms with Gasteiger partial charge in [-0.25, -0.2) is 0 Å². The number of carbonyl (C=O) groups is 1. The molecule has 0 saturated carbocycles. The average Bonchev–Trinajstić information content (AvgIpc) is 3.06. The summed E-state index contributed by atoms with van der Waals surface area (Å²) in [5, 5.41) is 11.1. The first kappa shape index (κ1) is 18.2. The summed E-state index contributed by atoms with van der Waals surface area (Å²) in [5.74, 6) is 0.362. The number of anilines is 1. The minimum absolute atomic E-state index is 0.103. The van der Waals surface area contributed by atoms with Gasteiger partial charge in [0.25, 0.3) is 5.22 Å². The Labute approximate surface area is 157 Å². The number of nitrogens with zero attached hydrogens (tertiary/aromatic N) is 2. The second-order valence-corrected chi connectivity index (χ2v) is 7.53. The van der Waals surface area contributed by atoms with E-state index in [0.29, 0.717) is 11.1 Å². The van der Waals surface area contributed by atoms with E-state index in [9.17, 15) is 4.79 Å². The lowest BCUT2D eigenvalue weighted by atomic mass is 10.1. The number of aryl methyl sites for hydroxylation is 3. The monoisotopic (exact) mass is 367 g/mol. The summed E-state index contributed by atoms with van der Waals surface area (Å²) in [7, 11) is 0. The minimum atomic E-state index is -0.359. The Bertz CT molecular complexity index is 936. The molecule has 0 bridgehead atoms. The van der Waals surface area contributed by atoms with Gasteiger partial charge in [-0.3, -0.25) is 4.79 Å². The van der Waals surface area contributed by atoms with Crippen molar-refractivity contribution in [2.24, 2.45) is 0 Å². The van der Waals surface area contributed by atoms with Crippen molar-refractivity contribution in [1.82, 2.24) is 10.2 Å². The van der Waals surface area contributed by atoms with Gasteiger partial charge in [-0.1, -0.05) is 36.0 Å². The molecular formula is C20H21N3O2S. The van der Waals surface area contributed by atoms with Gasteiger partial charge in [-0.05, 0) is 62.6 Å². The molecule has 0 saturated heterocycles. The van der Waals surface area contributed by atoms with E-state index >= 15 is 0 Å². The Hall–Kier alpha value is -2.60. The van der Waals surface area contributed by atoms with E-state index in [-0.39, 0.29) is 11.2 Å². The first-order valence-corrected chi connectivity index (χ1v) is 9.26. The first-order chi connectivity index (χ1) is 12.4. The van der Waals surface area contributed by atoms with Crippen LogP contribution < -0.4 is 5.32 Å². The van der Waals surface area contributed by atoms with Crippen molar-refractivity contribution in [3.63, 3.8) is 0 Å². The predicted octanol–water partition coefficient (Wildman–Crippen LogP) is 4.78. The molecule has 1 amide bonds. The molecular weight excluding hydrogens is 346 g/mol. The molecule has 3 aromatic rings. The van der Waals surface area contributed by atoms with Gasteiger partial charge in [0.05, 0.1) is 5.25 Å². The summed E-state index contributed by atoms with van der Waals surface area (Å²) in [4.78, 5) is 12.4. The van der Waals surface area contributed by atoms with Crippen LogP contribution in [0.1, 0.15) is 23.6 Å². The molecule has 5 nitrogen and oxygen atoms in total. The highest BCUT2D eigenvalue weighted by atomic mass is 32.2. The zero-order valence-corrected chi connectivity index (χ0v) is 16.1. The molecule has 1 N–H and O–H groups in total. The molecule has 2 aromatic carbocycles. The number of rotatable bonds is 5.